The lowest BCUT2D eigenvalue weighted by molar-refractivity contribution is -0.258. The maximum absolute atomic E-state index is 14.8. The average molecular weight is 718 g/mol. The fraction of sp³-hybridized carbons (Fsp3) is 0.439. The molecule has 2 aromatic carbocycles. The molecule has 3 aliphatic rings. The summed E-state index contributed by atoms with van der Waals surface area (Å²) in [5, 5.41) is 12.3. The van der Waals surface area contributed by atoms with Crippen molar-refractivity contribution in [3.8, 4) is 17.1 Å². The molecule has 2 saturated carbocycles. The van der Waals surface area contributed by atoms with E-state index in [9.17, 15) is 23.5 Å². The zero-order valence-corrected chi connectivity index (χ0v) is 30.2. The monoisotopic (exact) mass is 717 g/mol. The van der Waals surface area contributed by atoms with Crippen LogP contribution in [0.2, 0.25) is 0 Å². The van der Waals surface area contributed by atoms with Crippen molar-refractivity contribution in [3.05, 3.63) is 118 Å². The average Bonchev–Trinajstić information content (AvgIpc) is 3.13. The van der Waals surface area contributed by atoms with Gasteiger partial charge in [0, 0.05) is 42.6 Å². The van der Waals surface area contributed by atoms with E-state index < -0.39 is 58.7 Å². The van der Waals surface area contributed by atoms with Crippen LogP contribution in [0, 0.1) is 34.8 Å². The van der Waals surface area contributed by atoms with Crippen molar-refractivity contribution in [1.82, 2.24) is 4.98 Å². The molecule has 9 nitrogen and oxygen atoms in total. The van der Waals surface area contributed by atoms with Gasteiger partial charge in [0.15, 0.2) is 6.29 Å². The van der Waals surface area contributed by atoms with Crippen LogP contribution in [0.25, 0.3) is 11.3 Å². The van der Waals surface area contributed by atoms with Gasteiger partial charge in [0.2, 0.25) is 0 Å². The molecular weight excluding hydrogens is 672 g/mol. The Morgan fingerprint density at radius 3 is 2.46 bits per heavy atom. The fourth-order valence-corrected chi connectivity index (χ4v) is 8.86. The summed E-state index contributed by atoms with van der Waals surface area (Å²) >= 11 is 0. The van der Waals surface area contributed by atoms with Crippen molar-refractivity contribution in [2.24, 2.45) is 23.2 Å². The first kappa shape index (κ1) is 37.3. The first-order chi connectivity index (χ1) is 24.9. The number of rotatable bonds is 7. The molecule has 276 valence electrons. The summed E-state index contributed by atoms with van der Waals surface area (Å²) in [6.45, 7) is 9.90. The first-order valence-electron chi connectivity index (χ1n) is 17.8. The molecule has 2 aromatic heterocycles. The Bertz CT molecular complexity index is 1940. The number of esters is 1. The van der Waals surface area contributed by atoms with Crippen LogP contribution in [0.4, 0.5) is 8.78 Å². The van der Waals surface area contributed by atoms with Crippen molar-refractivity contribution in [1.29, 1.82) is 0 Å². The van der Waals surface area contributed by atoms with Gasteiger partial charge in [0.25, 0.3) is 0 Å². The summed E-state index contributed by atoms with van der Waals surface area (Å²) in [4.78, 5) is 31.3. The number of nitrogens with zero attached hydrogens (tertiary/aromatic N) is 1. The van der Waals surface area contributed by atoms with Crippen LogP contribution in [-0.4, -0.2) is 41.0 Å². The predicted molar refractivity (Wildman–Crippen MR) is 188 cm³/mol. The summed E-state index contributed by atoms with van der Waals surface area (Å²) in [5.74, 6) is -2.40. The maximum Gasteiger partial charge on any atom is 0.345 e. The molecule has 2 fully saturated rings. The summed E-state index contributed by atoms with van der Waals surface area (Å²) in [7, 11) is 1.46. The second-order valence-electron chi connectivity index (χ2n) is 14.0. The van der Waals surface area contributed by atoms with Crippen molar-refractivity contribution >= 4 is 5.97 Å². The van der Waals surface area contributed by atoms with Crippen LogP contribution in [0.5, 0.6) is 5.75 Å². The van der Waals surface area contributed by atoms with Crippen LogP contribution >= 0.6 is 0 Å². The number of methoxy groups -OCH3 is 1. The normalized spacial score (nSPS) is 29.6. The highest BCUT2D eigenvalue weighted by atomic mass is 19.1. The number of carbonyl (C=O) groups excluding carboxylic acids is 1. The van der Waals surface area contributed by atoms with E-state index in [4.69, 9.17) is 23.4 Å². The number of halogens is 2. The molecule has 52 heavy (non-hydrogen) atoms. The quantitative estimate of drug-likeness (QED) is 0.149. The second kappa shape index (κ2) is 14.9. The van der Waals surface area contributed by atoms with Gasteiger partial charge in [0.1, 0.15) is 40.4 Å². The van der Waals surface area contributed by atoms with E-state index in [-0.39, 0.29) is 46.1 Å². The number of fused-ring (bicyclic) bond motifs is 4. The van der Waals surface area contributed by atoms with E-state index in [1.165, 1.54) is 37.4 Å². The molecule has 9 atom stereocenters. The molecule has 3 heterocycles. The molecule has 0 bridgehead atoms. The number of pyridine rings is 1. The van der Waals surface area contributed by atoms with Gasteiger partial charge in [-0.1, -0.05) is 45.9 Å². The Labute approximate surface area is 301 Å². The largest absolute Gasteiger partial charge is 0.482 e. The second-order valence-corrected chi connectivity index (χ2v) is 14.0. The fourth-order valence-electron chi connectivity index (χ4n) is 8.86. The molecule has 4 aromatic rings. The lowest BCUT2D eigenvalue weighted by Crippen LogP contribution is -2.69. The van der Waals surface area contributed by atoms with Crippen molar-refractivity contribution in [2.45, 2.75) is 84.1 Å². The van der Waals surface area contributed by atoms with Crippen LogP contribution in [0.1, 0.15) is 87.8 Å². The number of benzene rings is 2. The topological polar surface area (TPSA) is 117 Å². The smallest absolute Gasteiger partial charge is 0.345 e. The van der Waals surface area contributed by atoms with Gasteiger partial charge >= 0.3 is 11.6 Å². The lowest BCUT2D eigenvalue weighted by atomic mass is 9.46. The Kier molecular flexibility index (Phi) is 10.7. The third-order valence-electron chi connectivity index (χ3n) is 11.3. The van der Waals surface area contributed by atoms with E-state index in [0.29, 0.717) is 24.8 Å². The van der Waals surface area contributed by atoms with E-state index in [1.807, 2.05) is 20.8 Å². The van der Waals surface area contributed by atoms with E-state index in [1.54, 1.807) is 55.7 Å². The van der Waals surface area contributed by atoms with Gasteiger partial charge in [-0.3, -0.25) is 4.98 Å². The molecular formula is C41H45F2NO8. The number of aliphatic hydroxyl groups is 1. The molecule has 2 aliphatic carbocycles. The molecule has 0 saturated heterocycles. The minimum atomic E-state index is -1.34. The lowest BCUT2D eigenvalue weighted by Gasteiger charge is -2.64. The Morgan fingerprint density at radius 1 is 1.06 bits per heavy atom. The summed E-state index contributed by atoms with van der Waals surface area (Å²) in [5.41, 5.74) is -1.70. The Hall–Kier alpha value is -4.45. The molecule has 0 amide bonds. The van der Waals surface area contributed by atoms with Crippen LogP contribution < -0.4 is 10.4 Å². The van der Waals surface area contributed by atoms with Crippen molar-refractivity contribution in [2.75, 3.05) is 7.11 Å². The van der Waals surface area contributed by atoms with Crippen LogP contribution in [0.3, 0.4) is 0 Å². The van der Waals surface area contributed by atoms with Crippen LogP contribution in [-0.2, 0) is 14.2 Å². The van der Waals surface area contributed by atoms with Crippen LogP contribution in [0.15, 0.2) is 88.3 Å². The molecule has 0 radical (unpaired) electrons. The predicted octanol–water partition coefficient (Wildman–Crippen LogP) is 8.22. The van der Waals surface area contributed by atoms with E-state index >= 15 is 0 Å². The molecule has 1 N–H and O–H groups in total. The van der Waals surface area contributed by atoms with Gasteiger partial charge in [-0.15, -0.1) is 0 Å². The number of carbonyl (C=O) groups is 1. The highest BCUT2D eigenvalue weighted by Gasteiger charge is 2.68. The van der Waals surface area contributed by atoms with Gasteiger partial charge in [-0.05, 0) is 85.9 Å². The standard InChI is InChI=1S/C39H39F2NO8.C2H6/c1-21-26-18-31(49-35(44)22-11-13-24(40)14-12-22)39(3)34(33(43)32-30(50-39)19-29(47-36(32)45)23-8-7-17-42-20-23)38(26,2)16-15-28(21)48-37(46-4)25-9-5-6-10-27(25)41;1-2/h5-14,17,19-21,26,28,31,33-34,37,43H,15-16,18H2,1-4H3;1-2H3. The highest BCUT2D eigenvalue weighted by molar-refractivity contribution is 5.89. The minimum absolute atomic E-state index is 0.00405. The zero-order chi connectivity index (χ0) is 37.4. The van der Waals surface area contributed by atoms with Gasteiger partial charge in [0.05, 0.1) is 17.8 Å². The number of aliphatic hydroxyl groups excluding tert-OH is 1. The third-order valence-corrected chi connectivity index (χ3v) is 11.3. The summed E-state index contributed by atoms with van der Waals surface area (Å²) in [6.07, 6.45) is 0.992. The van der Waals surface area contributed by atoms with E-state index in [0.717, 1.165) is 0 Å². The molecule has 11 heteroatoms. The molecule has 7 rings (SSSR count). The van der Waals surface area contributed by atoms with Gasteiger partial charge in [-0.25, -0.2) is 18.4 Å². The highest BCUT2D eigenvalue weighted by Crippen LogP contribution is 2.65. The van der Waals surface area contributed by atoms with Crippen molar-refractivity contribution in [3.63, 3.8) is 0 Å². The molecule has 0 spiro atoms. The summed E-state index contributed by atoms with van der Waals surface area (Å²) < 4.78 is 59.3. The number of ether oxygens (including phenoxy) is 4. The van der Waals surface area contributed by atoms with Crippen molar-refractivity contribution < 1.29 is 42.0 Å². The van der Waals surface area contributed by atoms with E-state index in [2.05, 4.69) is 11.9 Å². The SMILES string of the molecule is CC.COC(OC1CCC2(C)C(CC(OC(=O)c3ccc(F)cc3)C3(C)Oc4cc(-c5cccnc5)oc(=O)c4C(O)C23)C1C)c1ccccc1F. The first-order valence-corrected chi connectivity index (χ1v) is 17.8. The number of aromatic nitrogens is 1. The number of hydrogen-bond acceptors (Lipinski definition) is 9. The Balaban J connectivity index is 0.00000228. The van der Waals surface area contributed by atoms with Gasteiger partial charge < -0.3 is 28.5 Å². The molecule has 1 aliphatic heterocycles. The number of hydrogen-bond donors (Lipinski definition) is 1. The maximum atomic E-state index is 14.8. The minimum Gasteiger partial charge on any atom is -0.482 e. The zero-order valence-electron chi connectivity index (χ0n) is 30.2. The third kappa shape index (κ3) is 6.54. The van der Waals surface area contributed by atoms with Gasteiger partial charge in [-0.2, -0.15) is 0 Å². The molecule has 9 unspecified atom stereocenters. The Morgan fingerprint density at radius 2 is 1.79 bits per heavy atom. The summed E-state index contributed by atoms with van der Waals surface area (Å²) in [6, 6.07) is 16.4.